The zero-order valence-corrected chi connectivity index (χ0v) is 7.81. The Bertz CT molecular complexity index is 308. The molecule has 5 heteroatoms. The molecule has 0 bridgehead atoms. The number of rotatable bonds is 2. The van der Waals surface area contributed by atoms with Gasteiger partial charge < -0.3 is 0 Å². The molecule has 1 aliphatic heterocycles. The number of nitrogens with one attached hydrogen (secondary N) is 1. The molecule has 5 nitrogen and oxygen atoms in total. The Kier molecular flexibility index (Phi) is 2.69. The Morgan fingerprint density at radius 2 is 2.14 bits per heavy atom. The first-order valence-corrected chi connectivity index (χ1v) is 4.68. The van der Waals surface area contributed by atoms with Crippen molar-refractivity contribution in [3.05, 3.63) is 24.3 Å². The Balaban J connectivity index is 1.95. The zero-order valence-electron chi connectivity index (χ0n) is 7.81. The number of hydrogen-bond acceptors (Lipinski definition) is 4. The van der Waals surface area contributed by atoms with Crippen LogP contribution < -0.4 is 5.43 Å². The van der Waals surface area contributed by atoms with E-state index in [0.29, 0.717) is 5.69 Å². The topological polar surface area (TPSA) is 58.1 Å². The highest BCUT2D eigenvalue weighted by molar-refractivity contribution is 5.91. The van der Waals surface area contributed by atoms with Crippen LogP contribution in [0.1, 0.15) is 23.3 Å². The van der Waals surface area contributed by atoms with Gasteiger partial charge in [0.15, 0.2) is 0 Å². The van der Waals surface area contributed by atoms with E-state index in [-0.39, 0.29) is 5.91 Å². The number of nitrogens with zero attached hydrogens (tertiary/aromatic N) is 3. The Labute approximate surface area is 82.1 Å². The molecule has 1 aromatic heterocycles. The Morgan fingerprint density at radius 1 is 1.36 bits per heavy atom. The number of hydrazine groups is 1. The van der Waals surface area contributed by atoms with Crippen LogP contribution in [-0.2, 0) is 0 Å². The van der Waals surface area contributed by atoms with Crippen LogP contribution in [0, 0.1) is 0 Å². The van der Waals surface area contributed by atoms with Gasteiger partial charge in [-0.15, -0.1) is 0 Å². The molecule has 0 unspecified atom stereocenters. The molecule has 1 aliphatic rings. The minimum Gasteiger partial charge on any atom is -0.283 e. The predicted molar refractivity (Wildman–Crippen MR) is 50.3 cm³/mol. The first kappa shape index (κ1) is 9.08. The normalized spacial score (nSPS) is 16.9. The van der Waals surface area contributed by atoms with Gasteiger partial charge in [-0.1, -0.05) is 0 Å². The third kappa shape index (κ3) is 2.05. The molecule has 0 radical (unpaired) electrons. The molecule has 0 atom stereocenters. The van der Waals surface area contributed by atoms with Gasteiger partial charge in [-0.3, -0.25) is 15.2 Å². The lowest BCUT2D eigenvalue weighted by Gasteiger charge is -2.15. The van der Waals surface area contributed by atoms with E-state index in [4.69, 9.17) is 0 Å². The minimum absolute atomic E-state index is 0.181. The zero-order chi connectivity index (χ0) is 9.80. The van der Waals surface area contributed by atoms with Crippen LogP contribution in [0.5, 0.6) is 0 Å². The highest BCUT2D eigenvalue weighted by Gasteiger charge is 2.15. The summed E-state index contributed by atoms with van der Waals surface area (Å²) in [6, 6.07) is 0. The largest absolute Gasteiger partial charge is 0.285 e. The summed E-state index contributed by atoms with van der Waals surface area (Å²) in [5, 5.41) is 1.91. The first-order chi connectivity index (χ1) is 6.86. The lowest BCUT2D eigenvalue weighted by atomic mass is 10.4. The molecular formula is C9H12N4O. The van der Waals surface area contributed by atoms with Crippen molar-refractivity contribution >= 4 is 5.91 Å². The van der Waals surface area contributed by atoms with Crippen LogP contribution in [0.3, 0.4) is 0 Å². The maximum absolute atomic E-state index is 11.5. The number of aromatic nitrogens is 2. The lowest BCUT2D eigenvalue weighted by molar-refractivity contribution is 0.0820. The average Bonchev–Trinajstić information content (AvgIpc) is 2.72. The average molecular weight is 192 g/mol. The minimum atomic E-state index is -0.181. The predicted octanol–water partition coefficient (Wildman–Crippen LogP) is 0.217. The third-order valence-electron chi connectivity index (χ3n) is 2.16. The summed E-state index contributed by atoms with van der Waals surface area (Å²) in [7, 11) is 0. The molecular weight excluding hydrogens is 180 g/mol. The summed E-state index contributed by atoms with van der Waals surface area (Å²) in [6.07, 6.45) is 6.80. The number of hydrogen-bond donors (Lipinski definition) is 1. The quantitative estimate of drug-likeness (QED) is 0.728. The molecule has 1 N–H and O–H groups in total. The van der Waals surface area contributed by atoms with Crippen molar-refractivity contribution in [2.24, 2.45) is 0 Å². The van der Waals surface area contributed by atoms with Gasteiger partial charge in [0, 0.05) is 25.5 Å². The molecule has 74 valence electrons. The third-order valence-corrected chi connectivity index (χ3v) is 2.16. The second-order valence-electron chi connectivity index (χ2n) is 3.23. The van der Waals surface area contributed by atoms with Crippen LogP contribution in [0.25, 0.3) is 0 Å². The number of carbonyl (C=O) groups is 1. The molecule has 2 heterocycles. The van der Waals surface area contributed by atoms with Crippen molar-refractivity contribution in [1.82, 2.24) is 20.4 Å². The van der Waals surface area contributed by atoms with Crippen LogP contribution in [-0.4, -0.2) is 34.0 Å². The fraction of sp³-hybridized carbons (Fsp3) is 0.444. The molecule has 14 heavy (non-hydrogen) atoms. The fourth-order valence-corrected chi connectivity index (χ4v) is 1.45. The van der Waals surface area contributed by atoms with Crippen molar-refractivity contribution in [1.29, 1.82) is 0 Å². The van der Waals surface area contributed by atoms with Gasteiger partial charge in [0.2, 0.25) is 0 Å². The van der Waals surface area contributed by atoms with Gasteiger partial charge in [0.1, 0.15) is 5.69 Å². The van der Waals surface area contributed by atoms with Crippen molar-refractivity contribution < 1.29 is 4.79 Å². The molecule has 0 saturated carbocycles. The SMILES string of the molecule is O=C(NN1CCCC1)c1cnccn1. The summed E-state index contributed by atoms with van der Waals surface area (Å²) in [4.78, 5) is 19.3. The van der Waals surface area contributed by atoms with Gasteiger partial charge in [-0.2, -0.15) is 0 Å². The molecule has 0 aromatic carbocycles. The van der Waals surface area contributed by atoms with Crippen LogP contribution >= 0.6 is 0 Å². The molecule has 1 fully saturated rings. The summed E-state index contributed by atoms with van der Waals surface area (Å²) in [6.45, 7) is 1.85. The Hall–Kier alpha value is -1.49. The van der Waals surface area contributed by atoms with Gasteiger partial charge in [0.05, 0.1) is 6.20 Å². The maximum Gasteiger partial charge on any atom is 0.285 e. The maximum atomic E-state index is 11.5. The monoisotopic (exact) mass is 192 g/mol. The van der Waals surface area contributed by atoms with Crippen molar-refractivity contribution in [2.45, 2.75) is 12.8 Å². The summed E-state index contributed by atoms with van der Waals surface area (Å²) in [5.41, 5.74) is 3.15. The molecule has 1 aromatic rings. The van der Waals surface area contributed by atoms with E-state index in [0.717, 1.165) is 25.9 Å². The highest BCUT2D eigenvalue weighted by atomic mass is 16.2. The highest BCUT2D eigenvalue weighted by Crippen LogP contribution is 2.04. The molecule has 1 amide bonds. The standard InChI is InChI=1S/C9H12N4O/c14-9(8-7-10-3-4-11-8)12-13-5-1-2-6-13/h3-4,7H,1-2,5-6H2,(H,12,14). The Morgan fingerprint density at radius 3 is 2.79 bits per heavy atom. The van der Waals surface area contributed by atoms with Crippen molar-refractivity contribution in [3.63, 3.8) is 0 Å². The van der Waals surface area contributed by atoms with E-state index in [1.54, 1.807) is 6.20 Å². The van der Waals surface area contributed by atoms with E-state index < -0.39 is 0 Å². The molecule has 0 spiro atoms. The summed E-state index contributed by atoms with van der Waals surface area (Å²) < 4.78 is 0. The molecule has 0 aliphatic carbocycles. The summed E-state index contributed by atoms with van der Waals surface area (Å²) >= 11 is 0. The second-order valence-corrected chi connectivity index (χ2v) is 3.23. The molecule has 1 saturated heterocycles. The molecule has 2 rings (SSSR count). The van der Waals surface area contributed by atoms with E-state index >= 15 is 0 Å². The van der Waals surface area contributed by atoms with Gasteiger partial charge >= 0.3 is 0 Å². The van der Waals surface area contributed by atoms with E-state index in [9.17, 15) is 4.79 Å². The van der Waals surface area contributed by atoms with Crippen molar-refractivity contribution in [2.75, 3.05) is 13.1 Å². The van der Waals surface area contributed by atoms with Gasteiger partial charge in [0.25, 0.3) is 5.91 Å². The first-order valence-electron chi connectivity index (χ1n) is 4.68. The van der Waals surface area contributed by atoms with Crippen molar-refractivity contribution in [3.8, 4) is 0 Å². The van der Waals surface area contributed by atoms with Crippen LogP contribution in [0.2, 0.25) is 0 Å². The van der Waals surface area contributed by atoms with Crippen LogP contribution in [0.15, 0.2) is 18.6 Å². The van der Waals surface area contributed by atoms with Gasteiger partial charge in [-0.25, -0.2) is 9.99 Å². The second kappa shape index (κ2) is 4.15. The van der Waals surface area contributed by atoms with E-state index in [1.165, 1.54) is 12.4 Å². The van der Waals surface area contributed by atoms with Gasteiger partial charge in [-0.05, 0) is 12.8 Å². The smallest absolute Gasteiger partial charge is 0.283 e. The number of amides is 1. The van der Waals surface area contributed by atoms with E-state index in [2.05, 4.69) is 15.4 Å². The van der Waals surface area contributed by atoms with Crippen LogP contribution in [0.4, 0.5) is 0 Å². The number of carbonyl (C=O) groups excluding carboxylic acids is 1. The van der Waals surface area contributed by atoms with E-state index in [1.807, 2.05) is 5.01 Å². The lowest BCUT2D eigenvalue weighted by Crippen LogP contribution is -2.40. The fourth-order valence-electron chi connectivity index (χ4n) is 1.45. The summed E-state index contributed by atoms with van der Waals surface area (Å²) in [5.74, 6) is -0.181.